The maximum absolute atomic E-state index is 13.0. The van der Waals surface area contributed by atoms with Gasteiger partial charge in [0.1, 0.15) is 6.61 Å². The monoisotopic (exact) mass is 300 g/mol. The fourth-order valence-corrected chi connectivity index (χ4v) is 1.10. The molecule has 0 aromatic heterocycles. The van der Waals surface area contributed by atoms with E-state index in [0.29, 0.717) is 0 Å². The molecule has 1 heterocycles. The molecule has 0 aliphatic carbocycles. The molecular weight excluding hydrogens is 293 g/mol. The van der Waals surface area contributed by atoms with Crippen LogP contribution in [0.15, 0.2) is 0 Å². The van der Waals surface area contributed by atoms with E-state index in [-0.39, 0.29) is 0 Å². The lowest BCUT2D eigenvalue weighted by Crippen LogP contribution is -2.56. The number of halogens is 7. The van der Waals surface area contributed by atoms with Gasteiger partial charge in [-0.3, -0.25) is 0 Å². The van der Waals surface area contributed by atoms with Crippen LogP contribution in [0.5, 0.6) is 0 Å². The van der Waals surface area contributed by atoms with Gasteiger partial charge in [-0.2, -0.15) is 26.3 Å². The van der Waals surface area contributed by atoms with Crippen LogP contribution in [0.2, 0.25) is 0 Å². The highest BCUT2D eigenvalue weighted by Gasteiger charge is 2.72. The van der Waals surface area contributed by atoms with Crippen molar-refractivity contribution in [1.29, 1.82) is 0 Å². The molecule has 4 nitrogen and oxygen atoms in total. The molecule has 1 saturated heterocycles. The van der Waals surface area contributed by atoms with Gasteiger partial charge < -0.3 is 14.2 Å². The van der Waals surface area contributed by atoms with Crippen molar-refractivity contribution < 1.29 is 49.7 Å². The first-order valence-electron chi connectivity index (χ1n) is 4.71. The number of carbonyl (C=O) groups excluding carboxylic acids is 1. The molecule has 1 fully saturated rings. The Morgan fingerprint density at radius 2 is 1.63 bits per heavy atom. The van der Waals surface area contributed by atoms with Crippen LogP contribution in [0.25, 0.3) is 0 Å². The van der Waals surface area contributed by atoms with Crippen LogP contribution in [-0.2, 0) is 14.2 Å². The first-order chi connectivity index (χ1) is 8.47. The molecule has 1 aliphatic rings. The van der Waals surface area contributed by atoms with Gasteiger partial charge in [-0.15, -0.1) is 0 Å². The maximum atomic E-state index is 13.0. The Kier molecular flexibility index (Phi) is 4.17. The van der Waals surface area contributed by atoms with Crippen molar-refractivity contribution in [2.75, 3.05) is 19.8 Å². The highest BCUT2D eigenvalue weighted by Crippen LogP contribution is 2.46. The van der Waals surface area contributed by atoms with E-state index >= 15 is 0 Å². The lowest BCUT2D eigenvalue weighted by atomic mass is 10.1. The van der Waals surface area contributed by atoms with Crippen molar-refractivity contribution in [3.8, 4) is 0 Å². The van der Waals surface area contributed by atoms with Gasteiger partial charge in [0.2, 0.25) is 0 Å². The van der Waals surface area contributed by atoms with Gasteiger partial charge >= 0.3 is 24.2 Å². The molecule has 1 unspecified atom stereocenters. The second-order valence-corrected chi connectivity index (χ2v) is 3.61. The first kappa shape index (κ1) is 15.8. The minimum absolute atomic E-state index is 0.393. The second kappa shape index (κ2) is 5.02. The summed E-state index contributed by atoms with van der Waals surface area (Å²) in [5, 5.41) is 0. The summed E-state index contributed by atoms with van der Waals surface area (Å²) in [7, 11) is 0. The van der Waals surface area contributed by atoms with Crippen molar-refractivity contribution in [2.45, 2.75) is 24.1 Å². The predicted octanol–water partition coefficient (Wildman–Crippen LogP) is 2.37. The summed E-state index contributed by atoms with van der Waals surface area (Å²) in [6, 6.07) is 0. The summed E-state index contributed by atoms with van der Waals surface area (Å²) in [5.74, 6) is 0. The smallest absolute Gasteiger partial charge is 0.430 e. The number of cyclic esters (lactones) is 2. The molecule has 0 aromatic carbocycles. The number of hydrogen-bond donors (Lipinski definition) is 0. The van der Waals surface area contributed by atoms with Gasteiger partial charge in [-0.05, 0) is 0 Å². The number of ether oxygens (including phenoxy) is 3. The minimum Gasteiger partial charge on any atom is -0.430 e. The Bertz CT molecular complexity index is 323. The lowest BCUT2D eigenvalue weighted by molar-refractivity contribution is -0.352. The molecule has 1 aliphatic heterocycles. The van der Waals surface area contributed by atoms with Gasteiger partial charge in [0.15, 0.2) is 6.10 Å². The molecular formula is C8H7F7O4. The number of rotatable bonds is 4. The Balaban J connectivity index is 2.58. The molecule has 0 aromatic rings. The molecule has 1 rings (SSSR count). The summed E-state index contributed by atoms with van der Waals surface area (Å²) < 4.78 is 98.0. The van der Waals surface area contributed by atoms with Crippen LogP contribution < -0.4 is 0 Å². The largest absolute Gasteiger partial charge is 0.508 e. The van der Waals surface area contributed by atoms with E-state index in [1.54, 1.807) is 0 Å². The van der Waals surface area contributed by atoms with Gasteiger partial charge in [-0.25, -0.2) is 9.18 Å². The average Bonchev–Trinajstić information content (AvgIpc) is 2.60. The summed E-state index contributed by atoms with van der Waals surface area (Å²) in [5.41, 5.74) is -5.48. The third-order valence-corrected chi connectivity index (χ3v) is 2.15. The molecule has 0 N–H and O–H groups in total. The van der Waals surface area contributed by atoms with Crippen LogP contribution in [0.3, 0.4) is 0 Å². The predicted molar refractivity (Wildman–Crippen MR) is 43.0 cm³/mol. The van der Waals surface area contributed by atoms with E-state index in [1.165, 1.54) is 0 Å². The standard InChI is InChI=1S/C8H7F7O4/c9-6(7(10,11)12,8(13,14)15)3-17-1-4-2-18-5(16)19-4/h4H,1-3H2. The minimum atomic E-state index is -6.17. The van der Waals surface area contributed by atoms with Crippen LogP contribution in [-0.4, -0.2) is 50.1 Å². The SMILES string of the molecule is O=C1OCC(COCC(F)(C(F)(F)F)C(F)(F)F)O1. The van der Waals surface area contributed by atoms with Gasteiger partial charge in [-0.1, -0.05) is 0 Å². The quantitative estimate of drug-likeness (QED) is 0.590. The van der Waals surface area contributed by atoms with Gasteiger partial charge in [0.25, 0.3) is 0 Å². The normalized spacial score (nSPS) is 21.2. The topological polar surface area (TPSA) is 44.8 Å². The first-order valence-corrected chi connectivity index (χ1v) is 4.71. The maximum Gasteiger partial charge on any atom is 0.508 e. The zero-order chi connectivity index (χ0) is 14.9. The number of alkyl halides is 7. The van der Waals surface area contributed by atoms with Gasteiger partial charge in [0.05, 0.1) is 13.2 Å². The summed E-state index contributed by atoms with van der Waals surface area (Å²) in [6.45, 7) is -3.52. The third-order valence-electron chi connectivity index (χ3n) is 2.15. The lowest BCUT2D eigenvalue weighted by Gasteiger charge is -2.29. The fourth-order valence-electron chi connectivity index (χ4n) is 1.10. The van der Waals surface area contributed by atoms with Crippen LogP contribution in [0, 0.1) is 0 Å². The summed E-state index contributed by atoms with van der Waals surface area (Å²) >= 11 is 0. The van der Waals surface area contributed by atoms with Crippen molar-refractivity contribution in [3.05, 3.63) is 0 Å². The fraction of sp³-hybridized carbons (Fsp3) is 0.875. The van der Waals surface area contributed by atoms with Crippen LogP contribution in [0.1, 0.15) is 0 Å². The molecule has 112 valence electrons. The molecule has 0 saturated carbocycles. The summed E-state index contributed by atoms with van der Waals surface area (Å²) in [4.78, 5) is 10.4. The molecule has 0 bridgehead atoms. The molecule has 19 heavy (non-hydrogen) atoms. The van der Waals surface area contributed by atoms with E-state index in [2.05, 4.69) is 14.2 Å². The zero-order valence-corrected chi connectivity index (χ0v) is 8.98. The highest BCUT2D eigenvalue weighted by molar-refractivity contribution is 5.61. The van der Waals surface area contributed by atoms with E-state index < -0.39 is 50.1 Å². The number of carbonyl (C=O) groups is 1. The van der Waals surface area contributed by atoms with E-state index in [4.69, 9.17) is 0 Å². The summed E-state index contributed by atoms with van der Waals surface area (Å²) in [6.07, 6.45) is -14.6. The Labute approximate surface area is 101 Å². The van der Waals surface area contributed by atoms with Gasteiger partial charge in [0, 0.05) is 0 Å². The van der Waals surface area contributed by atoms with E-state index in [9.17, 15) is 35.5 Å². The van der Waals surface area contributed by atoms with Crippen molar-refractivity contribution >= 4 is 6.16 Å². The zero-order valence-electron chi connectivity index (χ0n) is 8.98. The van der Waals surface area contributed by atoms with Crippen LogP contribution >= 0.6 is 0 Å². The highest BCUT2D eigenvalue weighted by atomic mass is 19.4. The van der Waals surface area contributed by atoms with E-state index in [1.807, 2.05) is 0 Å². The molecule has 11 heteroatoms. The Morgan fingerprint density at radius 3 is 2.00 bits per heavy atom. The molecule has 0 radical (unpaired) electrons. The van der Waals surface area contributed by atoms with Crippen molar-refractivity contribution in [1.82, 2.24) is 0 Å². The Hall–Kier alpha value is -1.26. The molecule has 0 amide bonds. The third kappa shape index (κ3) is 3.39. The molecule has 0 spiro atoms. The van der Waals surface area contributed by atoms with E-state index in [0.717, 1.165) is 0 Å². The second-order valence-electron chi connectivity index (χ2n) is 3.61. The number of hydrogen-bond acceptors (Lipinski definition) is 4. The van der Waals surface area contributed by atoms with Crippen molar-refractivity contribution in [3.63, 3.8) is 0 Å². The average molecular weight is 300 g/mol. The Morgan fingerprint density at radius 1 is 1.11 bits per heavy atom. The molecule has 1 atom stereocenters. The van der Waals surface area contributed by atoms with Crippen molar-refractivity contribution in [2.24, 2.45) is 0 Å². The van der Waals surface area contributed by atoms with Crippen LogP contribution in [0.4, 0.5) is 35.5 Å².